The molecule has 3 rings (SSSR count). The van der Waals surface area contributed by atoms with Crippen molar-refractivity contribution in [3.8, 4) is 0 Å². The summed E-state index contributed by atoms with van der Waals surface area (Å²) in [4.78, 5) is 2.17. The maximum Gasteiger partial charge on any atom is 0.127 e. The molecule has 2 atom stereocenters. The van der Waals surface area contributed by atoms with Crippen LogP contribution in [0.5, 0.6) is 0 Å². The monoisotopic (exact) mass is 266 g/mol. The number of benzene rings is 1. The van der Waals surface area contributed by atoms with Gasteiger partial charge in [0.05, 0.1) is 0 Å². The summed E-state index contributed by atoms with van der Waals surface area (Å²) in [7, 11) is 2.01. The van der Waals surface area contributed by atoms with E-state index in [1.54, 1.807) is 0 Å². The minimum Gasteiger partial charge on any atom is -0.311 e. The Morgan fingerprint density at radius 2 is 1.89 bits per heavy atom. The minimum absolute atomic E-state index is 0.315. The van der Waals surface area contributed by atoms with Gasteiger partial charge < -0.3 is 5.32 Å². The third-order valence-electron chi connectivity index (χ3n) is 4.50. The van der Waals surface area contributed by atoms with Gasteiger partial charge in [-0.1, -0.05) is 0 Å². The third-order valence-corrected chi connectivity index (χ3v) is 4.50. The lowest BCUT2D eigenvalue weighted by molar-refractivity contribution is 0.164. The first-order valence-electron chi connectivity index (χ1n) is 7.02. The molecular weight excluding hydrogens is 246 g/mol. The predicted octanol–water partition coefficient (Wildman–Crippen LogP) is 2.68. The van der Waals surface area contributed by atoms with Crippen molar-refractivity contribution in [2.24, 2.45) is 0 Å². The van der Waals surface area contributed by atoms with E-state index in [2.05, 4.69) is 10.2 Å². The number of halogens is 2. The largest absolute Gasteiger partial charge is 0.311 e. The van der Waals surface area contributed by atoms with Crippen LogP contribution in [-0.2, 0) is 6.54 Å². The predicted molar refractivity (Wildman–Crippen MR) is 70.8 cm³/mol. The molecule has 2 aliphatic heterocycles. The second-order valence-corrected chi connectivity index (χ2v) is 5.91. The SMILES string of the molecule is CN(Cc1cc(F)ccc1F)C1CC2CCC(C1)N2. The van der Waals surface area contributed by atoms with Gasteiger partial charge in [0.15, 0.2) is 0 Å². The molecule has 19 heavy (non-hydrogen) atoms. The molecule has 0 saturated carbocycles. The van der Waals surface area contributed by atoms with Crippen molar-refractivity contribution in [3.05, 3.63) is 35.4 Å². The summed E-state index contributed by atoms with van der Waals surface area (Å²) < 4.78 is 26.8. The number of rotatable bonds is 3. The van der Waals surface area contributed by atoms with Crippen LogP contribution >= 0.6 is 0 Å². The van der Waals surface area contributed by atoms with Crippen LogP contribution in [0.3, 0.4) is 0 Å². The average molecular weight is 266 g/mol. The van der Waals surface area contributed by atoms with Crippen molar-refractivity contribution >= 4 is 0 Å². The fourth-order valence-electron chi connectivity index (χ4n) is 3.45. The molecule has 2 aliphatic rings. The van der Waals surface area contributed by atoms with Crippen LogP contribution in [0, 0.1) is 11.6 Å². The Bertz CT molecular complexity index is 451. The average Bonchev–Trinajstić information content (AvgIpc) is 2.72. The van der Waals surface area contributed by atoms with Gasteiger partial charge in [0.1, 0.15) is 11.6 Å². The van der Waals surface area contributed by atoms with E-state index in [-0.39, 0.29) is 11.6 Å². The molecule has 0 aromatic heterocycles. The van der Waals surface area contributed by atoms with E-state index in [0.717, 1.165) is 12.8 Å². The van der Waals surface area contributed by atoms with Gasteiger partial charge in [0.25, 0.3) is 0 Å². The number of nitrogens with zero attached hydrogens (tertiary/aromatic N) is 1. The van der Waals surface area contributed by atoms with Gasteiger partial charge in [-0.15, -0.1) is 0 Å². The van der Waals surface area contributed by atoms with Crippen molar-refractivity contribution in [3.63, 3.8) is 0 Å². The summed E-state index contributed by atoms with van der Waals surface area (Å²) in [6.45, 7) is 0.480. The van der Waals surface area contributed by atoms with Gasteiger partial charge in [-0.05, 0) is 50.9 Å². The van der Waals surface area contributed by atoms with Gasteiger partial charge in [0.2, 0.25) is 0 Å². The number of hydrogen-bond acceptors (Lipinski definition) is 2. The highest BCUT2D eigenvalue weighted by atomic mass is 19.1. The van der Waals surface area contributed by atoms with Gasteiger partial charge in [-0.25, -0.2) is 8.78 Å². The van der Waals surface area contributed by atoms with Gasteiger partial charge in [0, 0.05) is 30.2 Å². The third kappa shape index (κ3) is 2.79. The first-order valence-corrected chi connectivity index (χ1v) is 7.02. The molecule has 2 saturated heterocycles. The molecule has 2 heterocycles. The fraction of sp³-hybridized carbons (Fsp3) is 0.600. The Morgan fingerprint density at radius 1 is 1.21 bits per heavy atom. The van der Waals surface area contributed by atoms with Gasteiger partial charge in [-0.2, -0.15) is 0 Å². The maximum atomic E-state index is 13.7. The molecule has 0 spiro atoms. The number of hydrogen-bond donors (Lipinski definition) is 1. The Hall–Kier alpha value is -1.00. The molecule has 2 bridgehead atoms. The summed E-state index contributed by atoms with van der Waals surface area (Å²) in [5, 5.41) is 3.60. The standard InChI is InChI=1S/C15H20F2N2/c1-19(9-10-6-11(16)2-5-15(10)17)14-7-12-3-4-13(8-14)18-12/h2,5-6,12-14,18H,3-4,7-9H2,1H3. The summed E-state index contributed by atoms with van der Waals surface area (Å²) in [5.74, 6) is -0.680. The molecule has 104 valence electrons. The lowest BCUT2D eigenvalue weighted by Gasteiger charge is -2.35. The summed E-state index contributed by atoms with van der Waals surface area (Å²) in [5.41, 5.74) is 0.452. The van der Waals surface area contributed by atoms with Gasteiger partial charge in [-0.3, -0.25) is 4.90 Å². The summed E-state index contributed by atoms with van der Waals surface area (Å²) >= 11 is 0. The first-order chi connectivity index (χ1) is 9.11. The molecule has 1 aromatic carbocycles. The Morgan fingerprint density at radius 3 is 2.58 bits per heavy atom. The van der Waals surface area contributed by atoms with Crippen LogP contribution in [0.15, 0.2) is 18.2 Å². The Labute approximate surface area is 112 Å². The van der Waals surface area contributed by atoms with E-state index in [1.165, 1.54) is 31.0 Å². The van der Waals surface area contributed by atoms with E-state index < -0.39 is 0 Å². The Kier molecular flexibility index (Phi) is 3.54. The van der Waals surface area contributed by atoms with Crippen molar-refractivity contribution in [2.45, 2.75) is 50.4 Å². The van der Waals surface area contributed by atoms with Crippen molar-refractivity contribution in [1.82, 2.24) is 10.2 Å². The normalized spacial score (nSPS) is 30.0. The van der Waals surface area contributed by atoms with Gasteiger partial charge >= 0.3 is 0 Å². The molecule has 1 N–H and O–H groups in total. The van der Waals surface area contributed by atoms with Crippen molar-refractivity contribution in [1.29, 1.82) is 0 Å². The van der Waals surface area contributed by atoms with E-state index in [0.29, 0.717) is 30.2 Å². The highest BCUT2D eigenvalue weighted by Gasteiger charge is 2.35. The minimum atomic E-state index is -0.366. The first kappa shape index (κ1) is 13.0. The molecule has 0 amide bonds. The Balaban J connectivity index is 1.67. The zero-order chi connectivity index (χ0) is 13.4. The van der Waals surface area contributed by atoms with Crippen molar-refractivity contribution in [2.75, 3.05) is 7.05 Å². The highest BCUT2D eigenvalue weighted by molar-refractivity contribution is 5.18. The fourth-order valence-corrected chi connectivity index (χ4v) is 3.45. The molecule has 0 aliphatic carbocycles. The number of fused-ring (bicyclic) bond motifs is 2. The number of nitrogens with one attached hydrogen (secondary N) is 1. The molecule has 2 unspecified atom stereocenters. The summed E-state index contributed by atoms with van der Waals surface area (Å²) in [6, 6.07) is 5.39. The molecule has 4 heteroatoms. The zero-order valence-electron chi connectivity index (χ0n) is 11.2. The molecule has 2 nitrogen and oxygen atoms in total. The van der Waals surface area contributed by atoms with E-state index in [4.69, 9.17) is 0 Å². The van der Waals surface area contributed by atoms with Crippen molar-refractivity contribution < 1.29 is 8.78 Å². The molecular formula is C15H20F2N2. The van der Waals surface area contributed by atoms with Crippen LogP contribution < -0.4 is 5.32 Å². The van der Waals surface area contributed by atoms with Crippen LogP contribution in [0.2, 0.25) is 0 Å². The van der Waals surface area contributed by atoms with Crippen LogP contribution in [-0.4, -0.2) is 30.1 Å². The zero-order valence-corrected chi connectivity index (χ0v) is 11.2. The molecule has 0 radical (unpaired) electrons. The van der Waals surface area contributed by atoms with Crippen LogP contribution in [0.25, 0.3) is 0 Å². The molecule has 1 aromatic rings. The lowest BCUT2D eigenvalue weighted by Crippen LogP contribution is -2.46. The smallest absolute Gasteiger partial charge is 0.127 e. The second kappa shape index (κ2) is 5.17. The lowest BCUT2D eigenvalue weighted by atomic mass is 9.98. The van der Waals surface area contributed by atoms with E-state index in [1.807, 2.05) is 7.05 Å². The quantitative estimate of drug-likeness (QED) is 0.905. The van der Waals surface area contributed by atoms with E-state index >= 15 is 0 Å². The number of piperidine rings is 1. The second-order valence-electron chi connectivity index (χ2n) is 5.91. The molecule has 2 fully saturated rings. The summed E-state index contributed by atoms with van der Waals surface area (Å²) in [6.07, 6.45) is 4.74. The van der Waals surface area contributed by atoms with E-state index in [9.17, 15) is 8.78 Å². The van der Waals surface area contributed by atoms with Crippen LogP contribution in [0.4, 0.5) is 8.78 Å². The topological polar surface area (TPSA) is 15.3 Å². The maximum absolute atomic E-state index is 13.7. The van der Waals surface area contributed by atoms with Crippen LogP contribution in [0.1, 0.15) is 31.2 Å². The highest BCUT2D eigenvalue weighted by Crippen LogP contribution is 2.30.